The quantitative estimate of drug-likeness (QED) is 0.783. The number of hydrogen-bond donors (Lipinski definition) is 1. The number of aromatic amines is 1. The maximum Gasteiger partial charge on any atom is 0.177 e. The summed E-state index contributed by atoms with van der Waals surface area (Å²) < 4.78 is 0. The Morgan fingerprint density at radius 1 is 1.36 bits per heavy atom. The van der Waals surface area contributed by atoms with Gasteiger partial charge in [-0.2, -0.15) is 0 Å². The summed E-state index contributed by atoms with van der Waals surface area (Å²) in [5.74, 6) is 1.97. The second-order valence-electron chi connectivity index (χ2n) is 4.15. The molecule has 0 spiro atoms. The van der Waals surface area contributed by atoms with E-state index >= 15 is 0 Å². The average Bonchev–Trinajstić information content (AvgIpc) is 2.84. The maximum absolute atomic E-state index is 4.49. The van der Waals surface area contributed by atoms with Crippen LogP contribution in [-0.4, -0.2) is 15.0 Å². The summed E-state index contributed by atoms with van der Waals surface area (Å²) in [4.78, 5) is 12.2. The van der Waals surface area contributed by atoms with Crippen molar-refractivity contribution in [3.05, 3.63) is 23.7 Å². The second-order valence-corrected chi connectivity index (χ2v) is 4.15. The standard InChI is InChI=1S/C11H13N3/c1-7-2-5-9-11(12-7)14-10(13-9)6-8-3-4-8/h2,5,8H,3-4,6H2,1H3,(H,12,13,14). The Labute approximate surface area is 82.6 Å². The van der Waals surface area contributed by atoms with E-state index < -0.39 is 0 Å². The highest BCUT2D eigenvalue weighted by atomic mass is 15.0. The molecular weight excluding hydrogens is 174 g/mol. The summed E-state index contributed by atoms with van der Waals surface area (Å²) in [6, 6.07) is 4.07. The first-order chi connectivity index (χ1) is 6.81. The molecule has 0 aromatic carbocycles. The highest BCUT2D eigenvalue weighted by Gasteiger charge is 2.23. The predicted molar refractivity (Wildman–Crippen MR) is 55.1 cm³/mol. The van der Waals surface area contributed by atoms with Crippen molar-refractivity contribution in [3.63, 3.8) is 0 Å². The number of imidazole rings is 1. The number of aromatic nitrogens is 3. The van der Waals surface area contributed by atoms with Crippen LogP contribution in [-0.2, 0) is 6.42 Å². The fourth-order valence-corrected chi connectivity index (χ4v) is 1.73. The summed E-state index contributed by atoms with van der Waals surface area (Å²) in [5.41, 5.74) is 2.95. The highest BCUT2D eigenvalue weighted by Crippen LogP contribution is 2.32. The normalized spacial score (nSPS) is 16.4. The molecule has 1 aliphatic carbocycles. The Morgan fingerprint density at radius 2 is 2.21 bits per heavy atom. The molecule has 3 rings (SSSR count). The van der Waals surface area contributed by atoms with Gasteiger partial charge in [0, 0.05) is 12.1 Å². The summed E-state index contributed by atoms with van der Waals surface area (Å²) in [5, 5.41) is 0. The van der Waals surface area contributed by atoms with Crippen LogP contribution in [0.1, 0.15) is 24.4 Å². The molecule has 3 nitrogen and oxygen atoms in total. The van der Waals surface area contributed by atoms with Crippen LogP contribution >= 0.6 is 0 Å². The van der Waals surface area contributed by atoms with Crippen molar-refractivity contribution in [2.24, 2.45) is 5.92 Å². The van der Waals surface area contributed by atoms with E-state index in [1.54, 1.807) is 0 Å². The van der Waals surface area contributed by atoms with Crippen molar-refractivity contribution in [1.82, 2.24) is 15.0 Å². The Morgan fingerprint density at radius 3 is 3.00 bits per heavy atom. The number of aryl methyl sites for hydroxylation is 1. The van der Waals surface area contributed by atoms with Crippen LogP contribution in [0.5, 0.6) is 0 Å². The molecule has 0 saturated heterocycles. The molecule has 14 heavy (non-hydrogen) atoms. The zero-order chi connectivity index (χ0) is 9.54. The molecule has 0 bridgehead atoms. The lowest BCUT2D eigenvalue weighted by Crippen LogP contribution is -1.88. The summed E-state index contributed by atoms with van der Waals surface area (Å²) in [6.07, 6.45) is 3.82. The zero-order valence-corrected chi connectivity index (χ0v) is 8.25. The van der Waals surface area contributed by atoms with E-state index in [0.29, 0.717) is 0 Å². The van der Waals surface area contributed by atoms with Gasteiger partial charge in [0.25, 0.3) is 0 Å². The van der Waals surface area contributed by atoms with Crippen LogP contribution in [0.3, 0.4) is 0 Å². The molecular formula is C11H13N3. The van der Waals surface area contributed by atoms with Gasteiger partial charge in [0.05, 0.1) is 5.52 Å². The molecule has 0 aliphatic heterocycles. The van der Waals surface area contributed by atoms with E-state index in [1.165, 1.54) is 12.8 Å². The fraction of sp³-hybridized carbons (Fsp3) is 0.455. The van der Waals surface area contributed by atoms with Crippen LogP contribution < -0.4 is 0 Å². The van der Waals surface area contributed by atoms with Gasteiger partial charge in [-0.1, -0.05) is 0 Å². The van der Waals surface area contributed by atoms with Crippen LogP contribution in [0.4, 0.5) is 0 Å². The molecule has 2 aromatic rings. The van der Waals surface area contributed by atoms with Gasteiger partial charge in [-0.3, -0.25) is 0 Å². The topological polar surface area (TPSA) is 41.6 Å². The summed E-state index contributed by atoms with van der Waals surface area (Å²) >= 11 is 0. The Bertz CT molecular complexity index is 468. The number of pyridine rings is 1. The lowest BCUT2D eigenvalue weighted by molar-refractivity contribution is 0.787. The largest absolute Gasteiger partial charge is 0.341 e. The third-order valence-corrected chi connectivity index (χ3v) is 2.71. The predicted octanol–water partition coefficient (Wildman–Crippen LogP) is 2.22. The van der Waals surface area contributed by atoms with E-state index in [4.69, 9.17) is 0 Å². The van der Waals surface area contributed by atoms with Crippen molar-refractivity contribution in [2.75, 3.05) is 0 Å². The van der Waals surface area contributed by atoms with Gasteiger partial charge < -0.3 is 4.98 Å². The lowest BCUT2D eigenvalue weighted by atomic mass is 10.3. The first kappa shape index (κ1) is 7.97. The van der Waals surface area contributed by atoms with Gasteiger partial charge in [0.1, 0.15) is 5.82 Å². The monoisotopic (exact) mass is 187 g/mol. The van der Waals surface area contributed by atoms with Gasteiger partial charge >= 0.3 is 0 Å². The van der Waals surface area contributed by atoms with Crippen molar-refractivity contribution < 1.29 is 0 Å². The molecule has 0 radical (unpaired) electrons. The zero-order valence-electron chi connectivity index (χ0n) is 8.25. The molecule has 0 unspecified atom stereocenters. The second kappa shape index (κ2) is 2.80. The van der Waals surface area contributed by atoms with Crippen molar-refractivity contribution >= 4 is 11.2 Å². The van der Waals surface area contributed by atoms with Crippen LogP contribution in [0.15, 0.2) is 12.1 Å². The minimum Gasteiger partial charge on any atom is -0.341 e. The third kappa shape index (κ3) is 1.39. The summed E-state index contributed by atoms with van der Waals surface area (Å²) in [7, 11) is 0. The Balaban J connectivity index is 2.01. The number of hydrogen-bond acceptors (Lipinski definition) is 2. The molecule has 1 N–H and O–H groups in total. The van der Waals surface area contributed by atoms with E-state index in [0.717, 1.165) is 35.0 Å². The van der Waals surface area contributed by atoms with Crippen LogP contribution in [0.25, 0.3) is 11.2 Å². The van der Waals surface area contributed by atoms with Crippen molar-refractivity contribution in [2.45, 2.75) is 26.2 Å². The molecule has 2 aromatic heterocycles. The number of nitrogens with one attached hydrogen (secondary N) is 1. The van der Waals surface area contributed by atoms with E-state index in [9.17, 15) is 0 Å². The first-order valence-corrected chi connectivity index (χ1v) is 5.13. The number of fused-ring (bicyclic) bond motifs is 1. The van der Waals surface area contributed by atoms with Crippen molar-refractivity contribution in [1.29, 1.82) is 0 Å². The van der Waals surface area contributed by atoms with Gasteiger partial charge in [0.2, 0.25) is 0 Å². The molecule has 0 atom stereocenters. The third-order valence-electron chi connectivity index (χ3n) is 2.71. The first-order valence-electron chi connectivity index (χ1n) is 5.13. The number of rotatable bonds is 2. The van der Waals surface area contributed by atoms with E-state index in [-0.39, 0.29) is 0 Å². The van der Waals surface area contributed by atoms with E-state index in [1.807, 2.05) is 13.0 Å². The van der Waals surface area contributed by atoms with Crippen LogP contribution in [0, 0.1) is 12.8 Å². The minimum atomic E-state index is 0.862. The van der Waals surface area contributed by atoms with Gasteiger partial charge in [-0.15, -0.1) is 0 Å². The Hall–Kier alpha value is -1.38. The lowest BCUT2D eigenvalue weighted by Gasteiger charge is -1.88. The smallest absolute Gasteiger partial charge is 0.177 e. The molecule has 1 aliphatic rings. The molecule has 1 fully saturated rings. The molecule has 1 saturated carbocycles. The van der Waals surface area contributed by atoms with Crippen LogP contribution in [0.2, 0.25) is 0 Å². The fourth-order valence-electron chi connectivity index (χ4n) is 1.73. The van der Waals surface area contributed by atoms with Crippen molar-refractivity contribution in [3.8, 4) is 0 Å². The van der Waals surface area contributed by atoms with E-state index in [2.05, 4.69) is 21.0 Å². The average molecular weight is 187 g/mol. The van der Waals surface area contributed by atoms with Gasteiger partial charge in [0.15, 0.2) is 5.65 Å². The summed E-state index contributed by atoms with van der Waals surface area (Å²) in [6.45, 7) is 1.99. The molecule has 72 valence electrons. The van der Waals surface area contributed by atoms with Gasteiger partial charge in [-0.05, 0) is 37.8 Å². The Kier molecular flexibility index (Phi) is 1.60. The number of H-pyrrole nitrogens is 1. The van der Waals surface area contributed by atoms with Gasteiger partial charge in [-0.25, -0.2) is 9.97 Å². The number of nitrogens with zero attached hydrogens (tertiary/aromatic N) is 2. The molecule has 0 amide bonds. The SMILES string of the molecule is Cc1ccc2[nH]c(CC3CC3)nc2n1. The molecule has 2 heterocycles. The minimum absolute atomic E-state index is 0.862. The maximum atomic E-state index is 4.49. The molecule has 3 heteroatoms. The highest BCUT2D eigenvalue weighted by molar-refractivity contribution is 5.70.